The van der Waals surface area contributed by atoms with Crippen LogP contribution in [0.25, 0.3) is 5.69 Å². The number of aromatic nitrogens is 5. The molecular weight excluding hydrogens is 319 g/mol. The van der Waals surface area contributed by atoms with E-state index in [1.54, 1.807) is 6.07 Å². The normalized spacial score (nSPS) is 13.8. The summed E-state index contributed by atoms with van der Waals surface area (Å²) in [5.74, 6) is 0.787. The molecule has 0 saturated carbocycles. The minimum atomic E-state index is -0.306. The lowest BCUT2D eigenvalue weighted by Crippen LogP contribution is -2.17. The lowest BCUT2D eigenvalue weighted by atomic mass is 10.1. The lowest BCUT2D eigenvalue weighted by Gasteiger charge is -2.16. The van der Waals surface area contributed by atoms with E-state index in [1.807, 2.05) is 6.07 Å². The van der Waals surface area contributed by atoms with Crippen LogP contribution in [0.2, 0.25) is 0 Å². The van der Waals surface area contributed by atoms with Crippen molar-refractivity contribution in [3.8, 4) is 5.69 Å². The second kappa shape index (κ2) is 6.76. The Balaban J connectivity index is 1.42. The minimum Gasteiger partial charge on any atom is -0.332 e. The number of rotatable bonds is 5. The highest BCUT2D eigenvalue weighted by atomic mass is 19.1. The van der Waals surface area contributed by atoms with Crippen LogP contribution in [0.3, 0.4) is 0 Å². The van der Waals surface area contributed by atoms with Gasteiger partial charge in [0, 0.05) is 25.3 Å². The zero-order valence-corrected chi connectivity index (χ0v) is 14.2. The molecule has 0 spiro atoms. The molecule has 3 heterocycles. The van der Waals surface area contributed by atoms with Crippen LogP contribution in [0.5, 0.6) is 0 Å². The summed E-state index contributed by atoms with van der Waals surface area (Å²) in [7, 11) is 0. The third-order valence-corrected chi connectivity index (χ3v) is 4.69. The summed E-state index contributed by atoms with van der Waals surface area (Å²) in [6, 6.07) is 5.17. The molecule has 7 heteroatoms. The van der Waals surface area contributed by atoms with E-state index in [1.165, 1.54) is 41.9 Å². The van der Waals surface area contributed by atoms with E-state index in [-0.39, 0.29) is 5.82 Å². The van der Waals surface area contributed by atoms with Gasteiger partial charge in [-0.15, -0.1) is 0 Å². The zero-order chi connectivity index (χ0) is 17.2. The predicted octanol–water partition coefficient (Wildman–Crippen LogP) is 2.54. The van der Waals surface area contributed by atoms with E-state index in [9.17, 15) is 4.39 Å². The van der Waals surface area contributed by atoms with Crippen molar-refractivity contribution in [2.24, 2.45) is 0 Å². The smallest absolute Gasteiger partial charge is 0.149 e. The number of nitrogens with one attached hydrogen (secondary N) is 1. The van der Waals surface area contributed by atoms with Crippen LogP contribution in [0, 0.1) is 12.7 Å². The average molecular weight is 340 g/mol. The Morgan fingerprint density at radius 2 is 2.16 bits per heavy atom. The number of nitrogens with zero attached hydrogens (tertiary/aromatic N) is 5. The molecular formula is C18H21FN6. The van der Waals surface area contributed by atoms with Crippen molar-refractivity contribution in [1.29, 1.82) is 0 Å². The van der Waals surface area contributed by atoms with Crippen molar-refractivity contribution in [2.75, 3.05) is 0 Å². The third kappa shape index (κ3) is 3.19. The van der Waals surface area contributed by atoms with Gasteiger partial charge in [0.1, 0.15) is 30.0 Å². The second-order valence-corrected chi connectivity index (χ2v) is 6.39. The number of hydrogen-bond donors (Lipinski definition) is 1. The molecule has 2 aromatic heterocycles. The molecule has 1 N–H and O–H groups in total. The summed E-state index contributed by atoms with van der Waals surface area (Å²) >= 11 is 0. The highest BCUT2D eigenvalue weighted by molar-refractivity contribution is 5.35. The lowest BCUT2D eigenvalue weighted by molar-refractivity contribution is 0.517. The Morgan fingerprint density at radius 3 is 2.96 bits per heavy atom. The molecule has 130 valence electrons. The van der Waals surface area contributed by atoms with E-state index < -0.39 is 0 Å². The number of fused-ring (bicyclic) bond motifs is 1. The number of hydrogen-bond acceptors (Lipinski definition) is 4. The quantitative estimate of drug-likeness (QED) is 0.775. The Hall–Kier alpha value is -2.54. The van der Waals surface area contributed by atoms with Crippen molar-refractivity contribution in [1.82, 2.24) is 29.6 Å². The number of imidazole rings is 1. The topological polar surface area (TPSA) is 60.6 Å². The van der Waals surface area contributed by atoms with Crippen molar-refractivity contribution in [2.45, 2.75) is 45.8 Å². The first-order valence-electron chi connectivity index (χ1n) is 8.61. The summed E-state index contributed by atoms with van der Waals surface area (Å²) in [6.45, 7) is 4.44. The van der Waals surface area contributed by atoms with E-state index >= 15 is 0 Å². The molecule has 1 aliphatic rings. The monoisotopic (exact) mass is 340 g/mol. The van der Waals surface area contributed by atoms with Crippen LogP contribution in [0.1, 0.15) is 35.6 Å². The fourth-order valence-corrected chi connectivity index (χ4v) is 3.46. The molecule has 0 amide bonds. The fourth-order valence-electron chi connectivity index (χ4n) is 3.46. The largest absolute Gasteiger partial charge is 0.332 e. The molecule has 4 rings (SSSR count). The van der Waals surface area contributed by atoms with Gasteiger partial charge in [-0.1, -0.05) is 6.07 Å². The molecule has 3 aromatic rings. The molecule has 0 bridgehead atoms. The molecule has 0 atom stereocenters. The highest BCUT2D eigenvalue weighted by Gasteiger charge is 2.17. The maximum Gasteiger partial charge on any atom is 0.149 e. The summed E-state index contributed by atoms with van der Waals surface area (Å²) in [4.78, 5) is 8.54. The van der Waals surface area contributed by atoms with Crippen molar-refractivity contribution >= 4 is 0 Å². The zero-order valence-electron chi connectivity index (χ0n) is 14.2. The van der Waals surface area contributed by atoms with Gasteiger partial charge in [0.2, 0.25) is 0 Å². The Labute approximate surface area is 145 Å². The molecule has 0 fully saturated rings. The molecule has 0 saturated heterocycles. The Bertz CT molecular complexity index is 868. The molecule has 25 heavy (non-hydrogen) atoms. The second-order valence-electron chi connectivity index (χ2n) is 6.39. The Kier molecular flexibility index (Phi) is 4.31. The van der Waals surface area contributed by atoms with E-state index in [0.717, 1.165) is 30.0 Å². The number of halogens is 1. The highest BCUT2D eigenvalue weighted by Crippen LogP contribution is 2.20. The van der Waals surface area contributed by atoms with Gasteiger partial charge in [-0.3, -0.25) is 0 Å². The summed E-state index contributed by atoms with van der Waals surface area (Å²) in [5, 5.41) is 7.35. The summed E-state index contributed by atoms with van der Waals surface area (Å²) in [6.07, 6.45) is 6.43. The van der Waals surface area contributed by atoms with Gasteiger partial charge in [0.05, 0.1) is 5.69 Å². The molecule has 1 aromatic carbocycles. The van der Waals surface area contributed by atoms with Crippen LogP contribution < -0.4 is 5.32 Å². The number of aryl methyl sites for hydroxylation is 1. The molecule has 6 nitrogen and oxygen atoms in total. The first-order valence-corrected chi connectivity index (χ1v) is 8.61. The van der Waals surface area contributed by atoms with Crippen molar-refractivity contribution < 1.29 is 4.39 Å². The standard InChI is InChI=1S/C18H21FN6/c1-13-23-16(18-4-2-3-7-24(13)18)10-20-9-14-5-6-17(15(19)8-14)25-12-21-11-22-25/h5-6,8,11-12,20H,2-4,7,9-10H2,1H3. The average Bonchev–Trinajstić information content (AvgIpc) is 3.25. The maximum absolute atomic E-state index is 14.3. The SMILES string of the molecule is Cc1nc(CNCc2ccc(-n3cncn3)c(F)c2)c2n1CCCC2. The van der Waals surface area contributed by atoms with Crippen molar-refractivity contribution in [3.05, 3.63) is 59.4 Å². The molecule has 0 aliphatic carbocycles. The van der Waals surface area contributed by atoms with Crippen LogP contribution in [-0.4, -0.2) is 24.3 Å². The van der Waals surface area contributed by atoms with E-state index in [0.29, 0.717) is 18.8 Å². The first kappa shape index (κ1) is 16.0. The summed E-state index contributed by atoms with van der Waals surface area (Å²) < 4.78 is 18.0. The van der Waals surface area contributed by atoms with E-state index in [2.05, 4.69) is 26.9 Å². The Morgan fingerprint density at radius 1 is 1.24 bits per heavy atom. The van der Waals surface area contributed by atoms with Gasteiger partial charge in [-0.05, 0) is 43.9 Å². The number of benzene rings is 1. The van der Waals surface area contributed by atoms with Gasteiger partial charge in [-0.2, -0.15) is 5.10 Å². The van der Waals surface area contributed by atoms with Crippen LogP contribution in [-0.2, 0) is 26.1 Å². The van der Waals surface area contributed by atoms with Crippen LogP contribution in [0.15, 0.2) is 30.9 Å². The van der Waals surface area contributed by atoms with Gasteiger partial charge >= 0.3 is 0 Å². The predicted molar refractivity (Wildman–Crippen MR) is 91.8 cm³/mol. The third-order valence-electron chi connectivity index (χ3n) is 4.69. The van der Waals surface area contributed by atoms with Gasteiger partial charge in [0.25, 0.3) is 0 Å². The van der Waals surface area contributed by atoms with Crippen molar-refractivity contribution in [3.63, 3.8) is 0 Å². The molecule has 1 aliphatic heterocycles. The minimum absolute atomic E-state index is 0.306. The van der Waals surface area contributed by atoms with E-state index in [4.69, 9.17) is 4.98 Å². The van der Waals surface area contributed by atoms with Gasteiger partial charge in [0.15, 0.2) is 0 Å². The van der Waals surface area contributed by atoms with Crippen LogP contribution >= 0.6 is 0 Å². The molecule has 0 unspecified atom stereocenters. The maximum atomic E-state index is 14.3. The first-order chi connectivity index (χ1) is 12.2. The fraction of sp³-hybridized carbons (Fsp3) is 0.389. The van der Waals surface area contributed by atoms with Gasteiger partial charge in [-0.25, -0.2) is 19.0 Å². The molecule has 0 radical (unpaired) electrons. The summed E-state index contributed by atoms with van der Waals surface area (Å²) in [5.41, 5.74) is 3.77. The van der Waals surface area contributed by atoms with Gasteiger partial charge < -0.3 is 9.88 Å². The van der Waals surface area contributed by atoms with Crippen LogP contribution in [0.4, 0.5) is 4.39 Å².